The third kappa shape index (κ3) is 13.5. The van der Waals surface area contributed by atoms with Crippen molar-refractivity contribution in [1.82, 2.24) is 40.7 Å². The topological polar surface area (TPSA) is 277 Å². The quantitative estimate of drug-likeness (QED) is 0.0248. The predicted octanol–water partition coefficient (Wildman–Crippen LogP) is 2.83. The number of nitrogens with two attached hydrogens (primary N) is 1. The van der Waals surface area contributed by atoms with Crippen molar-refractivity contribution < 1.29 is 43.2 Å². The van der Waals surface area contributed by atoms with Gasteiger partial charge in [0.25, 0.3) is 5.96 Å². The molecule has 67 heavy (non-hydrogen) atoms. The second kappa shape index (κ2) is 22.3. The minimum atomic E-state index is -1.34. The highest BCUT2D eigenvalue weighted by Crippen LogP contribution is 2.32. The summed E-state index contributed by atoms with van der Waals surface area (Å²) in [4.78, 5) is 84.1. The van der Waals surface area contributed by atoms with E-state index in [1.807, 2.05) is 59.2 Å². The molecule has 0 saturated carbocycles. The van der Waals surface area contributed by atoms with E-state index in [0.717, 1.165) is 16.5 Å². The van der Waals surface area contributed by atoms with Gasteiger partial charge in [-0.3, -0.25) is 23.7 Å². The number of carbonyl (C=O) groups excluding carboxylic acids is 5. The van der Waals surface area contributed by atoms with Crippen molar-refractivity contribution in [2.45, 2.75) is 77.7 Å². The summed E-state index contributed by atoms with van der Waals surface area (Å²) >= 11 is 0. The van der Waals surface area contributed by atoms with Crippen LogP contribution < -0.4 is 37.1 Å². The van der Waals surface area contributed by atoms with Crippen LogP contribution >= 0.6 is 0 Å². The smallest absolute Gasteiger partial charge is 0.408 e. The fraction of sp³-hybridized carbons (Fsp3) is 0.370. The van der Waals surface area contributed by atoms with Gasteiger partial charge >= 0.3 is 12.1 Å². The van der Waals surface area contributed by atoms with Crippen molar-refractivity contribution in [2.24, 2.45) is 16.3 Å². The summed E-state index contributed by atoms with van der Waals surface area (Å²) in [6.07, 6.45) is 2.61. The number of alkyl carbamates (subject to hydrolysis) is 1. The van der Waals surface area contributed by atoms with Crippen LogP contribution in [-0.2, 0) is 54.6 Å². The first-order chi connectivity index (χ1) is 32.1. The Hall–Kier alpha value is -7.97. The highest BCUT2D eigenvalue weighted by atomic mass is 16.7. The molecule has 3 heterocycles. The average Bonchev–Trinajstić information content (AvgIpc) is 3.88. The molecule has 3 aromatic carbocycles. The maximum absolute atomic E-state index is 14.7. The van der Waals surface area contributed by atoms with Crippen LogP contribution in [0.3, 0.4) is 0 Å². The minimum Gasteiger partial charge on any atom is -0.497 e. The molecule has 1 aliphatic heterocycles. The van der Waals surface area contributed by atoms with E-state index in [9.17, 15) is 34.1 Å². The molecule has 4 amide bonds. The van der Waals surface area contributed by atoms with E-state index in [1.165, 1.54) is 0 Å². The van der Waals surface area contributed by atoms with Gasteiger partial charge < -0.3 is 51.1 Å². The van der Waals surface area contributed by atoms with Gasteiger partial charge in [0, 0.05) is 43.1 Å². The van der Waals surface area contributed by atoms with E-state index in [0.29, 0.717) is 34.9 Å². The molecule has 5 aromatic rings. The molecule has 0 fully saturated rings. The summed E-state index contributed by atoms with van der Waals surface area (Å²) < 4.78 is 20.5. The lowest BCUT2D eigenvalue weighted by atomic mass is 9.97. The Labute approximate surface area is 385 Å². The fourth-order valence-electron chi connectivity index (χ4n) is 7.39. The number of nitro groups is 1. The first-order valence-electron chi connectivity index (χ1n) is 21.6. The molecule has 6 rings (SSSR count). The number of nitrogens with zero attached hydrogens (tertiary/aromatic N) is 5. The van der Waals surface area contributed by atoms with Gasteiger partial charge in [-0.25, -0.2) is 19.9 Å². The number of rotatable bonds is 13. The number of hydrazone groups is 1. The summed E-state index contributed by atoms with van der Waals surface area (Å²) in [7, 11) is 1.59. The van der Waals surface area contributed by atoms with Gasteiger partial charge in [0.15, 0.2) is 5.03 Å². The van der Waals surface area contributed by atoms with Crippen molar-refractivity contribution in [3.8, 4) is 11.6 Å². The number of imidazole rings is 1. The van der Waals surface area contributed by atoms with Crippen LogP contribution in [-0.4, -0.2) is 99.8 Å². The lowest BCUT2D eigenvalue weighted by Crippen LogP contribution is -2.55. The molecule has 7 N–H and O–H groups in total. The third-order valence-electron chi connectivity index (χ3n) is 10.7. The average molecular weight is 922 g/mol. The predicted molar refractivity (Wildman–Crippen MR) is 245 cm³/mol. The third-order valence-corrected chi connectivity index (χ3v) is 10.7. The Morgan fingerprint density at radius 2 is 1.69 bits per heavy atom. The van der Waals surface area contributed by atoms with E-state index in [-0.39, 0.29) is 45.4 Å². The zero-order chi connectivity index (χ0) is 48.1. The van der Waals surface area contributed by atoms with Crippen molar-refractivity contribution in [3.05, 3.63) is 124 Å². The van der Waals surface area contributed by atoms with Gasteiger partial charge in [-0.2, -0.15) is 0 Å². The summed E-state index contributed by atoms with van der Waals surface area (Å²) in [5, 5.41) is 27.2. The zero-order valence-corrected chi connectivity index (χ0v) is 37.7. The Kier molecular flexibility index (Phi) is 16.1. The van der Waals surface area contributed by atoms with Crippen molar-refractivity contribution >= 4 is 46.6 Å². The number of methoxy groups -OCH3 is 1. The zero-order valence-electron chi connectivity index (χ0n) is 37.7. The monoisotopic (exact) mass is 921 g/mol. The van der Waals surface area contributed by atoms with Crippen molar-refractivity contribution in [2.75, 3.05) is 26.8 Å². The lowest BCUT2D eigenvalue weighted by molar-refractivity contribution is -0.485. The molecule has 0 spiro atoms. The molecule has 1 unspecified atom stereocenters. The highest BCUT2D eigenvalue weighted by Gasteiger charge is 2.32. The molecule has 3 atom stereocenters. The standard InChI is InChI=1S/C46H55N11O10/c1-46(2,3)43(61)66-27-32-21-31-25-55(28-50-31)42-35(34-13-8-9-15-38(34)56(42)24-29-16-18-33(65-4)19-17-29)22-37(53-45(62)67-26-30-11-6-5-7-12-30)41(60)52-36(40(59)49-23-39(58)51-32)14-10-20-48-44(47)54-57(63)64/h5-9,11-13,15-19,25,28,32,36-37H,10,14,20-24,26-27H2,1-4H3,(H,49,59)(H,51,58)(H,52,60)(H,53,62)(H3,47,48,54)/t32-,36?,37-/m0/s1. The van der Waals surface area contributed by atoms with Crippen molar-refractivity contribution in [1.29, 1.82) is 0 Å². The number of hydrogen-bond acceptors (Lipinski definition) is 11. The van der Waals surface area contributed by atoms with Crippen LogP contribution in [0.5, 0.6) is 5.75 Å². The van der Waals surface area contributed by atoms with Gasteiger partial charge in [-0.15, -0.1) is 0 Å². The number of carbonyl (C=O) groups is 5. The van der Waals surface area contributed by atoms with E-state index in [2.05, 4.69) is 36.3 Å². The summed E-state index contributed by atoms with van der Waals surface area (Å²) in [5.74, 6) is -1.78. The normalized spacial score (nSPS) is 17.2. The fourth-order valence-corrected chi connectivity index (χ4v) is 7.39. The van der Waals surface area contributed by atoms with Gasteiger partial charge in [-0.05, 0) is 62.9 Å². The van der Waals surface area contributed by atoms with Crippen LogP contribution in [0.4, 0.5) is 4.79 Å². The molecule has 21 heteroatoms. The van der Waals surface area contributed by atoms with Gasteiger partial charge in [0.1, 0.15) is 48.3 Å². The number of nitrogens with one attached hydrogen (secondary N) is 5. The summed E-state index contributed by atoms with van der Waals surface area (Å²) in [6, 6.07) is 20.8. The molecule has 0 aliphatic carbocycles. The molecule has 2 aromatic heterocycles. The molecule has 1 aliphatic rings. The molecule has 0 radical (unpaired) electrons. The molecular weight excluding hydrogens is 867 g/mol. The molecular formula is C46H55N11O10. The van der Waals surface area contributed by atoms with E-state index in [1.54, 1.807) is 64.7 Å². The largest absolute Gasteiger partial charge is 0.497 e. The second-order valence-electron chi connectivity index (χ2n) is 16.9. The number of hydrogen-bond donors (Lipinski definition) is 6. The lowest BCUT2D eigenvalue weighted by Gasteiger charge is -2.24. The Balaban J connectivity index is 1.44. The Morgan fingerprint density at radius 3 is 2.40 bits per heavy atom. The number of fused-ring (bicyclic) bond motifs is 6. The summed E-state index contributed by atoms with van der Waals surface area (Å²) in [6.45, 7) is 4.69. The van der Waals surface area contributed by atoms with Crippen molar-refractivity contribution in [3.63, 3.8) is 0 Å². The maximum Gasteiger partial charge on any atom is 0.408 e. The second-order valence-corrected chi connectivity index (χ2v) is 16.9. The van der Waals surface area contributed by atoms with E-state index in [4.69, 9.17) is 24.9 Å². The van der Waals surface area contributed by atoms with E-state index >= 15 is 0 Å². The van der Waals surface area contributed by atoms with Gasteiger partial charge in [0.05, 0.1) is 36.3 Å². The maximum atomic E-state index is 14.7. The molecule has 21 nitrogen and oxygen atoms in total. The first kappa shape index (κ1) is 48.5. The number of ether oxygens (including phenoxy) is 3. The molecule has 2 bridgehead atoms. The van der Waals surface area contributed by atoms with Crippen LogP contribution in [0, 0.1) is 15.5 Å². The van der Waals surface area contributed by atoms with Crippen LogP contribution in [0.1, 0.15) is 56.0 Å². The van der Waals surface area contributed by atoms with E-state index < -0.39 is 70.9 Å². The van der Waals surface area contributed by atoms with Gasteiger partial charge in [0.2, 0.25) is 17.7 Å². The number of guanidine groups is 1. The summed E-state index contributed by atoms with van der Waals surface area (Å²) in [5.41, 5.74) is 8.35. The number of para-hydroxylation sites is 1. The Morgan fingerprint density at radius 1 is 0.955 bits per heavy atom. The number of aromatic nitrogens is 3. The van der Waals surface area contributed by atoms with Crippen LogP contribution in [0.2, 0.25) is 0 Å². The molecule has 354 valence electrons. The van der Waals surface area contributed by atoms with Crippen LogP contribution in [0.25, 0.3) is 16.7 Å². The highest BCUT2D eigenvalue weighted by molar-refractivity contribution is 5.94. The number of amides is 4. The number of benzene rings is 3. The molecule has 0 saturated heterocycles. The SMILES string of the molecule is COc1ccc(Cn2c3c(c4ccccc42)C[C@H](NC(=O)OCc2ccccc2)C(=O)NC(CCCN/C(N)=N/[N+](=O)[O-])C(=O)NCC(=O)N[C@H](COC(=O)C(C)(C)C)Cc2cn-3cn2)cc1. The first-order valence-corrected chi connectivity index (χ1v) is 21.6. The number of esters is 1. The minimum absolute atomic E-state index is 0.0234. The van der Waals surface area contributed by atoms with Gasteiger partial charge in [-0.1, -0.05) is 60.7 Å². The Bertz CT molecular complexity index is 2590. The van der Waals surface area contributed by atoms with Crippen LogP contribution in [0.15, 0.2) is 96.5 Å².